The molecule has 3 aromatic rings. The van der Waals surface area contributed by atoms with Crippen LogP contribution in [0.2, 0.25) is 0 Å². The van der Waals surface area contributed by atoms with Crippen molar-refractivity contribution in [2.45, 2.75) is 33.2 Å². The molecule has 0 radical (unpaired) electrons. The van der Waals surface area contributed by atoms with E-state index in [0.29, 0.717) is 39.9 Å². The molecule has 2 aromatic heterocycles. The van der Waals surface area contributed by atoms with E-state index in [1.165, 1.54) is 29.2 Å². The molecule has 1 aliphatic heterocycles. The number of thiazole rings is 1. The predicted molar refractivity (Wildman–Crippen MR) is 135 cm³/mol. The van der Waals surface area contributed by atoms with E-state index in [0.717, 1.165) is 19.4 Å². The molecule has 35 heavy (non-hydrogen) atoms. The summed E-state index contributed by atoms with van der Waals surface area (Å²) in [5.41, 5.74) is 1.03. The standard InChI is InChI=1S/C23H27N7O4S/c1-3-24-21(33)15-6-5-9-29(11-15)23-28-20-19(35-23)22(34)30(13-25-20)12-18(32)27-17-8-4-7-16(10-17)26-14(2)31/h4,7-8,10,13,15H,3,5-6,9,11-12H2,1-2H3,(H,24,33)(H,26,31)(H,27,32)/t15-/m0/s1. The Labute approximate surface area is 205 Å². The number of fused-ring (bicyclic) bond motifs is 1. The van der Waals surface area contributed by atoms with Crippen molar-refractivity contribution in [1.29, 1.82) is 0 Å². The molecule has 12 heteroatoms. The van der Waals surface area contributed by atoms with Crippen LogP contribution in [0.5, 0.6) is 0 Å². The Morgan fingerprint density at radius 2 is 1.97 bits per heavy atom. The molecule has 184 valence electrons. The number of hydrogen-bond acceptors (Lipinski definition) is 8. The van der Waals surface area contributed by atoms with Gasteiger partial charge in [0, 0.05) is 37.9 Å². The van der Waals surface area contributed by atoms with Crippen molar-refractivity contribution < 1.29 is 14.4 Å². The van der Waals surface area contributed by atoms with Crippen LogP contribution in [0.15, 0.2) is 35.4 Å². The van der Waals surface area contributed by atoms with E-state index in [-0.39, 0.29) is 29.8 Å². The second kappa shape index (κ2) is 10.6. The average Bonchev–Trinajstić information content (AvgIpc) is 3.26. The molecule has 4 rings (SSSR count). The van der Waals surface area contributed by atoms with Crippen LogP contribution in [0.1, 0.15) is 26.7 Å². The zero-order valence-electron chi connectivity index (χ0n) is 19.5. The molecule has 0 spiro atoms. The van der Waals surface area contributed by atoms with E-state index in [4.69, 9.17) is 0 Å². The summed E-state index contributed by atoms with van der Waals surface area (Å²) in [7, 11) is 0. The van der Waals surface area contributed by atoms with Gasteiger partial charge in [-0.1, -0.05) is 17.4 Å². The molecule has 11 nitrogen and oxygen atoms in total. The van der Waals surface area contributed by atoms with Gasteiger partial charge in [0.05, 0.1) is 5.92 Å². The molecule has 1 fully saturated rings. The summed E-state index contributed by atoms with van der Waals surface area (Å²) in [4.78, 5) is 59.9. The molecule has 0 unspecified atom stereocenters. The summed E-state index contributed by atoms with van der Waals surface area (Å²) < 4.78 is 1.61. The van der Waals surface area contributed by atoms with Crippen molar-refractivity contribution in [3.63, 3.8) is 0 Å². The van der Waals surface area contributed by atoms with Gasteiger partial charge in [-0.3, -0.25) is 23.7 Å². The van der Waals surface area contributed by atoms with Gasteiger partial charge in [-0.25, -0.2) is 4.98 Å². The molecule has 1 aromatic carbocycles. The van der Waals surface area contributed by atoms with Gasteiger partial charge < -0.3 is 20.9 Å². The highest BCUT2D eigenvalue weighted by molar-refractivity contribution is 7.22. The van der Waals surface area contributed by atoms with Gasteiger partial charge in [0.15, 0.2) is 10.8 Å². The minimum atomic E-state index is -0.404. The predicted octanol–water partition coefficient (Wildman–Crippen LogP) is 1.80. The highest BCUT2D eigenvalue weighted by atomic mass is 32.1. The van der Waals surface area contributed by atoms with Crippen LogP contribution in [0.4, 0.5) is 16.5 Å². The summed E-state index contributed by atoms with van der Waals surface area (Å²) >= 11 is 1.23. The normalized spacial score (nSPS) is 15.6. The Hall–Kier alpha value is -3.80. The lowest BCUT2D eigenvalue weighted by Gasteiger charge is -2.31. The molecule has 1 aliphatic rings. The number of anilines is 3. The number of aromatic nitrogens is 3. The van der Waals surface area contributed by atoms with Crippen LogP contribution in [0.25, 0.3) is 10.3 Å². The quantitative estimate of drug-likeness (QED) is 0.452. The van der Waals surface area contributed by atoms with E-state index in [2.05, 4.69) is 25.9 Å². The molecule has 3 heterocycles. The summed E-state index contributed by atoms with van der Waals surface area (Å²) in [5.74, 6) is -0.702. The first kappa shape index (κ1) is 24.3. The van der Waals surface area contributed by atoms with Crippen molar-refractivity contribution >= 4 is 55.9 Å². The number of nitrogens with one attached hydrogen (secondary N) is 3. The maximum absolute atomic E-state index is 13.0. The second-order valence-corrected chi connectivity index (χ2v) is 9.29. The summed E-state index contributed by atoms with van der Waals surface area (Å²) in [6.45, 7) is 4.96. The van der Waals surface area contributed by atoms with Crippen molar-refractivity contribution in [2.24, 2.45) is 5.92 Å². The largest absolute Gasteiger partial charge is 0.356 e. The van der Waals surface area contributed by atoms with Gasteiger partial charge in [0.2, 0.25) is 17.7 Å². The van der Waals surface area contributed by atoms with Crippen molar-refractivity contribution in [3.8, 4) is 0 Å². The van der Waals surface area contributed by atoms with Gasteiger partial charge in [0.25, 0.3) is 5.56 Å². The monoisotopic (exact) mass is 497 g/mol. The topological polar surface area (TPSA) is 138 Å². The van der Waals surface area contributed by atoms with E-state index in [9.17, 15) is 19.2 Å². The first-order valence-electron chi connectivity index (χ1n) is 11.4. The van der Waals surface area contributed by atoms with E-state index in [1.54, 1.807) is 24.3 Å². The fourth-order valence-corrected chi connectivity index (χ4v) is 5.00. The summed E-state index contributed by atoms with van der Waals surface area (Å²) in [6.07, 6.45) is 3.00. The second-order valence-electron chi connectivity index (χ2n) is 8.32. The Morgan fingerprint density at radius 3 is 2.71 bits per heavy atom. The Balaban J connectivity index is 1.47. The smallest absolute Gasteiger partial charge is 0.273 e. The number of amides is 3. The molecule has 1 saturated heterocycles. The zero-order chi connectivity index (χ0) is 24.9. The van der Waals surface area contributed by atoms with Crippen molar-refractivity contribution in [2.75, 3.05) is 35.2 Å². The molecule has 1 atom stereocenters. The van der Waals surface area contributed by atoms with Gasteiger partial charge in [-0.05, 0) is 38.0 Å². The summed E-state index contributed by atoms with van der Waals surface area (Å²) in [5, 5.41) is 8.90. The highest BCUT2D eigenvalue weighted by Gasteiger charge is 2.27. The van der Waals surface area contributed by atoms with Crippen LogP contribution in [0.3, 0.4) is 0 Å². The number of nitrogens with zero attached hydrogens (tertiary/aromatic N) is 4. The number of benzene rings is 1. The molecule has 3 N–H and O–H groups in total. The minimum Gasteiger partial charge on any atom is -0.356 e. The molecular weight excluding hydrogens is 470 g/mol. The lowest BCUT2D eigenvalue weighted by atomic mass is 9.97. The Kier molecular flexibility index (Phi) is 7.39. The lowest BCUT2D eigenvalue weighted by Crippen LogP contribution is -2.43. The zero-order valence-corrected chi connectivity index (χ0v) is 20.4. The van der Waals surface area contributed by atoms with Crippen molar-refractivity contribution in [1.82, 2.24) is 19.9 Å². The number of rotatable bonds is 7. The van der Waals surface area contributed by atoms with Gasteiger partial charge in [0.1, 0.15) is 17.6 Å². The van der Waals surface area contributed by atoms with Crippen LogP contribution < -0.4 is 26.4 Å². The highest BCUT2D eigenvalue weighted by Crippen LogP contribution is 2.29. The molecule has 0 aliphatic carbocycles. The van der Waals surface area contributed by atoms with Gasteiger partial charge in [-0.15, -0.1) is 0 Å². The van der Waals surface area contributed by atoms with Crippen molar-refractivity contribution in [3.05, 3.63) is 40.9 Å². The maximum Gasteiger partial charge on any atom is 0.273 e. The van der Waals surface area contributed by atoms with Gasteiger partial charge in [-0.2, -0.15) is 4.98 Å². The number of hydrogen-bond donors (Lipinski definition) is 3. The van der Waals surface area contributed by atoms with Crippen LogP contribution in [-0.2, 0) is 20.9 Å². The van der Waals surface area contributed by atoms with E-state index >= 15 is 0 Å². The third-order valence-electron chi connectivity index (χ3n) is 5.57. The third kappa shape index (κ3) is 5.83. The molecule has 0 saturated carbocycles. The molecule has 3 amide bonds. The van der Waals surface area contributed by atoms with Crippen LogP contribution >= 0.6 is 11.3 Å². The lowest BCUT2D eigenvalue weighted by molar-refractivity contribution is -0.125. The fraction of sp³-hybridized carbons (Fsp3) is 0.391. The van der Waals surface area contributed by atoms with E-state index < -0.39 is 5.91 Å². The third-order valence-corrected chi connectivity index (χ3v) is 6.66. The first-order valence-corrected chi connectivity index (χ1v) is 12.2. The van der Waals surface area contributed by atoms with E-state index in [1.807, 2.05) is 11.8 Å². The fourth-order valence-electron chi connectivity index (χ4n) is 4.00. The summed E-state index contributed by atoms with van der Waals surface area (Å²) in [6, 6.07) is 6.74. The number of carbonyl (C=O) groups is 3. The Morgan fingerprint density at radius 1 is 1.20 bits per heavy atom. The van der Waals surface area contributed by atoms with Gasteiger partial charge >= 0.3 is 0 Å². The SMILES string of the molecule is CCNC(=O)[C@H]1CCCN(c2nc3ncn(CC(=O)Nc4cccc(NC(C)=O)c4)c(=O)c3s2)C1. The van der Waals surface area contributed by atoms with Crippen LogP contribution in [0, 0.1) is 5.92 Å². The van der Waals surface area contributed by atoms with Crippen LogP contribution in [-0.4, -0.2) is 51.9 Å². The maximum atomic E-state index is 13.0. The average molecular weight is 498 g/mol. The minimum absolute atomic E-state index is 0.0346. The number of carbonyl (C=O) groups excluding carboxylic acids is 3. The number of piperidine rings is 1. The molecular formula is C23H27N7O4S. The first-order chi connectivity index (χ1) is 16.8. The Bertz CT molecular complexity index is 1320. The molecule has 0 bridgehead atoms.